The Kier molecular flexibility index (Phi) is 8.57. The lowest BCUT2D eigenvalue weighted by Gasteiger charge is -2.37. The Morgan fingerprint density at radius 3 is 2.33 bits per heavy atom. The fraction of sp³-hybridized carbons (Fsp3) is 0.375. The van der Waals surface area contributed by atoms with Gasteiger partial charge >= 0.3 is 0 Å². The summed E-state index contributed by atoms with van der Waals surface area (Å²) in [7, 11) is 0. The lowest BCUT2D eigenvalue weighted by atomic mass is 10.1. The minimum atomic E-state index is -0.345. The number of thiocarbonyl (C=S) groups is 1. The van der Waals surface area contributed by atoms with Crippen molar-refractivity contribution in [1.82, 2.24) is 10.2 Å². The Bertz CT molecular complexity index is 1050. The van der Waals surface area contributed by atoms with Gasteiger partial charge in [-0.25, -0.2) is 0 Å². The Balaban J connectivity index is 1.56. The van der Waals surface area contributed by atoms with Crippen molar-refractivity contribution in [3.05, 3.63) is 57.6 Å². The number of nitrogens with one attached hydrogen (secondary N) is 2. The zero-order chi connectivity index (χ0) is 24.1. The molecule has 2 N–H and O–H groups in total. The third-order valence-electron chi connectivity index (χ3n) is 5.42. The first-order valence-corrected chi connectivity index (χ1v) is 12.0. The van der Waals surface area contributed by atoms with E-state index in [4.69, 9.17) is 35.4 Å². The first-order chi connectivity index (χ1) is 15.6. The van der Waals surface area contributed by atoms with Gasteiger partial charge in [0.15, 0.2) is 5.11 Å². The van der Waals surface area contributed by atoms with Gasteiger partial charge in [-0.05, 0) is 61.0 Å². The molecule has 9 heteroatoms. The number of nitrogens with zero attached hydrogens (tertiary/aromatic N) is 2. The van der Waals surface area contributed by atoms with Gasteiger partial charge in [0.25, 0.3) is 5.91 Å². The highest BCUT2D eigenvalue weighted by molar-refractivity contribution is 7.80. The van der Waals surface area contributed by atoms with Gasteiger partial charge in [-0.1, -0.05) is 43.1 Å². The molecule has 6 nitrogen and oxygen atoms in total. The van der Waals surface area contributed by atoms with Crippen LogP contribution in [0.4, 0.5) is 11.4 Å². The molecular weight excluding hydrogens is 479 g/mol. The summed E-state index contributed by atoms with van der Waals surface area (Å²) in [6.07, 6.45) is 0.578. The van der Waals surface area contributed by atoms with E-state index < -0.39 is 0 Å². The fourth-order valence-electron chi connectivity index (χ4n) is 3.59. The molecule has 0 bridgehead atoms. The number of halogens is 2. The van der Waals surface area contributed by atoms with Crippen LogP contribution in [0, 0.1) is 12.8 Å². The van der Waals surface area contributed by atoms with E-state index in [1.807, 2.05) is 24.0 Å². The first kappa shape index (κ1) is 25.3. The summed E-state index contributed by atoms with van der Waals surface area (Å²) in [5, 5.41) is 6.90. The minimum absolute atomic E-state index is 0.165. The predicted molar refractivity (Wildman–Crippen MR) is 140 cm³/mol. The number of hydrogen-bond donors (Lipinski definition) is 2. The fourth-order valence-corrected chi connectivity index (χ4v) is 4.28. The van der Waals surface area contributed by atoms with Crippen LogP contribution < -0.4 is 15.5 Å². The largest absolute Gasteiger partial charge is 0.367 e. The van der Waals surface area contributed by atoms with Crippen molar-refractivity contribution >= 4 is 63.7 Å². The van der Waals surface area contributed by atoms with Crippen LogP contribution in [0.1, 0.15) is 36.2 Å². The van der Waals surface area contributed by atoms with Crippen LogP contribution in [-0.2, 0) is 4.79 Å². The number of anilines is 2. The zero-order valence-corrected chi connectivity index (χ0v) is 21.3. The highest BCUT2D eigenvalue weighted by Crippen LogP contribution is 2.30. The van der Waals surface area contributed by atoms with Gasteiger partial charge in [0.2, 0.25) is 5.91 Å². The first-order valence-electron chi connectivity index (χ1n) is 10.8. The molecule has 2 aromatic carbocycles. The molecule has 0 saturated carbocycles. The summed E-state index contributed by atoms with van der Waals surface area (Å²) < 4.78 is 0. The van der Waals surface area contributed by atoms with Crippen LogP contribution in [0.25, 0.3) is 0 Å². The second kappa shape index (κ2) is 11.2. The normalized spacial score (nSPS) is 13.8. The molecule has 3 rings (SSSR count). The second-order valence-corrected chi connectivity index (χ2v) is 9.73. The average molecular weight is 507 g/mol. The molecule has 176 valence electrons. The zero-order valence-electron chi connectivity index (χ0n) is 19.0. The maximum Gasteiger partial charge on any atom is 0.257 e. The summed E-state index contributed by atoms with van der Waals surface area (Å²) in [6.45, 7) is 8.79. The summed E-state index contributed by atoms with van der Waals surface area (Å²) >= 11 is 17.9. The maximum absolute atomic E-state index is 12.4. The number of hydrogen-bond acceptors (Lipinski definition) is 4. The van der Waals surface area contributed by atoms with E-state index in [2.05, 4.69) is 29.4 Å². The van der Waals surface area contributed by atoms with Crippen LogP contribution >= 0.6 is 35.4 Å². The van der Waals surface area contributed by atoms with Gasteiger partial charge in [0.05, 0.1) is 10.7 Å². The van der Waals surface area contributed by atoms with E-state index in [0.717, 1.165) is 24.3 Å². The lowest BCUT2D eigenvalue weighted by molar-refractivity contribution is -0.132. The number of benzene rings is 2. The van der Waals surface area contributed by atoms with Crippen molar-refractivity contribution in [3.8, 4) is 0 Å². The van der Waals surface area contributed by atoms with Gasteiger partial charge in [0.1, 0.15) is 0 Å². The summed E-state index contributed by atoms with van der Waals surface area (Å²) in [4.78, 5) is 28.8. The van der Waals surface area contributed by atoms with Gasteiger partial charge in [-0.3, -0.25) is 14.9 Å². The third-order valence-corrected chi connectivity index (χ3v) is 6.34. The van der Waals surface area contributed by atoms with Crippen LogP contribution in [0.5, 0.6) is 0 Å². The smallest absolute Gasteiger partial charge is 0.257 e. The van der Waals surface area contributed by atoms with Crippen molar-refractivity contribution in [3.63, 3.8) is 0 Å². The number of rotatable bonds is 5. The Hall–Kier alpha value is -2.35. The van der Waals surface area contributed by atoms with E-state index >= 15 is 0 Å². The molecule has 0 radical (unpaired) electrons. The molecule has 1 saturated heterocycles. The number of carbonyl (C=O) groups excluding carboxylic acids is 2. The molecule has 33 heavy (non-hydrogen) atoms. The Labute approximate surface area is 210 Å². The van der Waals surface area contributed by atoms with Crippen LogP contribution in [0.2, 0.25) is 10.0 Å². The maximum atomic E-state index is 12.4. The Morgan fingerprint density at radius 2 is 1.73 bits per heavy atom. The van der Waals surface area contributed by atoms with Crippen LogP contribution in [0.15, 0.2) is 36.4 Å². The van der Waals surface area contributed by atoms with Crippen molar-refractivity contribution in [1.29, 1.82) is 0 Å². The summed E-state index contributed by atoms with van der Waals surface area (Å²) in [5.74, 6) is 0.219. The molecule has 0 aromatic heterocycles. The highest BCUT2D eigenvalue weighted by Gasteiger charge is 2.23. The van der Waals surface area contributed by atoms with Gasteiger partial charge in [-0.15, -0.1) is 0 Å². The van der Waals surface area contributed by atoms with E-state index in [1.54, 1.807) is 24.3 Å². The van der Waals surface area contributed by atoms with Crippen LogP contribution in [0.3, 0.4) is 0 Å². The number of piperazine rings is 1. The summed E-state index contributed by atoms with van der Waals surface area (Å²) in [6, 6.07) is 10.6. The Morgan fingerprint density at radius 1 is 1.03 bits per heavy atom. The van der Waals surface area contributed by atoms with Gasteiger partial charge < -0.3 is 15.1 Å². The van der Waals surface area contributed by atoms with Crippen molar-refractivity contribution in [2.45, 2.75) is 27.2 Å². The standard InChI is InChI=1S/C24H28Cl2N4O2S/c1-15(2)12-22(31)30-10-8-29(9-11-30)21-7-6-18(14-20(21)26)27-24(33)28-23(32)17-5-4-16(3)19(25)13-17/h4-7,13-15H,8-12H2,1-3H3,(H2,27,28,32,33). The highest BCUT2D eigenvalue weighted by atomic mass is 35.5. The number of carbonyl (C=O) groups is 2. The molecule has 0 spiro atoms. The second-order valence-electron chi connectivity index (χ2n) is 8.50. The molecule has 1 heterocycles. The van der Waals surface area contributed by atoms with Gasteiger partial charge in [0, 0.05) is 48.9 Å². The molecule has 0 aliphatic carbocycles. The van der Waals surface area contributed by atoms with E-state index in [0.29, 0.717) is 46.7 Å². The molecule has 2 aromatic rings. The van der Waals surface area contributed by atoms with E-state index in [9.17, 15) is 9.59 Å². The predicted octanol–water partition coefficient (Wildman–Crippen LogP) is 5.12. The quantitative estimate of drug-likeness (QED) is 0.550. The van der Waals surface area contributed by atoms with Crippen molar-refractivity contribution < 1.29 is 9.59 Å². The van der Waals surface area contributed by atoms with Crippen molar-refractivity contribution in [2.24, 2.45) is 5.92 Å². The summed E-state index contributed by atoms with van der Waals surface area (Å²) in [5.41, 5.74) is 2.89. The SMILES string of the molecule is Cc1ccc(C(=O)NC(=S)Nc2ccc(N3CCN(C(=O)CC(C)C)CC3)c(Cl)c2)cc1Cl. The third kappa shape index (κ3) is 6.82. The van der Waals surface area contributed by atoms with Crippen LogP contribution in [-0.4, -0.2) is 48.0 Å². The monoisotopic (exact) mass is 506 g/mol. The lowest BCUT2D eigenvalue weighted by Crippen LogP contribution is -2.49. The van der Waals surface area contributed by atoms with E-state index in [-0.39, 0.29) is 16.9 Å². The molecule has 1 aliphatic heterocycles. The molecule has 0 unspecified atom stereocenters. The minimum Gasteiger partial charge on any atom is -0.367 e. The van der Waals surface area contributed by atoms with E-state index in [1.165, 1.54) is 0 Å². The molecule has 0 atom stereocenters. The molecule has 2 amide bonds. The molecule has 1 fully saturated rings. The average Bonchev–Trinajstić information content (AvgIpc) is 2.75. The topological polar surface area (TPSA) is 64.7 Å². The molecular formula is C24H28Cl2N4O2S. The molecule has 1 aliphatic rings. The number of aryl methyl sites for hydroxylation is 1. The van der Waals surface area contributed by atoms with Gasteiger partial charge in [-0.2, -0.15) is 0 Å². The number of amides is 2. The van der Waals surface area contributed by atoms with Crippen molar-refractivity contribution in [2.75, 3.05) is 36.4 Å².